The molecule has 5 nitrogen and oxygen atoms in total. The zero-order valence-corrected chi connectivity index (χ0v) is 8.05. The lowest BCUT2D eigenvalue weighted by Gasteiger charge is -2.03. The van der Waals surface area contributed by atoms with Crippen LogP contribution in [0, 0.1) is 6.92 Å². The lowest BCUT2D eigenvalue weighted by molar-refractivity contribution is 0.476. The van der Waals surface area contributed by atoms with Crippen LogP contribution in [0.2, 0.25) is 0 Å². The molecule has 3 aromatic rings. The number of pyridine rings is 1. The summed E-state index contributed by atoms with van der Waals surface area (Å²) in [6.07, 6.45) is 0. The van der Waals surface area contributed by atoms with Crippen LogP contribution in [0.1, 0.15) is 5.56 Å². The van der Waals surface area contributed by atoms with E-state index in [0.717, 1.165) is 16.5 Å². The summed E-state index contributed by atoms with van der Waals surface area (Å²) < 4.78 is 1.61. The Balaban J connectivity index is 2.63. The molecule has 0 aliphatic heterocycles. The van der Waals surface area contributed by atoms with E-state index < -0.39 is 0 Å². The SMILES string of the molecule is Cc1cc2nnnn2c2cc(O)ccc12. The summed E-state index contributed by atoms with van der Waals surface area (Å²) >= 11 is 0. The Kier molecular flexibility index (Phi) is 1.45. The molecule has 15 heavy (non-hydrogen) atoms. The molecule has 0 radical (unpaired) electrons. The minimum atomic E-state index is 0.213. The Morgan fingerprint density at radius 1 is 1.27 bits per heavy atom. The van der Waals surface area contributed by atoms with Crippen molar-refractivity contribution in [3.63, 3.8) is 0 Å². The molecule has 0 saturated carbocycles. The highest BCUT2D eigenvalue weighted by atomic mass is 16.3. The first-order chi connectivity index (χ1) is 7.25. The van der Waals surface area contributed by atoms with Gasteiger partial charge < -0.3 is 5.11 Å². The van der Waals surface area contributed by atoms with Crippen LogP contribution in [0.25, 0.3) is 16.6 Å². The van der Waals surface area contributed by atoms with Crippen molar-refractivity contribution in [3.05, 3.63) is 29.8 Å². The van der Waals surface area contributed by atoms with Gasteiger partial charge in [0.05, 0.1) is 5.52 Å². The van der Waals surface area contributed by atoms with Gasteiger partial charge in [-0.05, 0) is 41.1 Å². The molecule has 0 fully saturated rings. The van der Waals surface area contributed by atoms with Crippen molar-refractivity contribution in [2.75, 3.05) is 0 Å². The molecule has 74 valence electrons. The Bertz CT molecular complexity index is 659. The fraction of sp³-hybridized carbons (Fsp3) is 0.100. The van der Waals surface area contributed by atoms with E-state index in [-0.39, 0.29) is 5.75 Å². The molecular formula is C10H8N4O. The van der Waals surface area contributed by atoms with Gasteiger partial charge in [0.1, 0.15) is 5.75 Å². The highest BCUT2D eigenvalue weighted by molar-refractivity contribution is 5.85. The number of phenolic OH excluding ortho intramolecular Hbond substituents is 1. The lowest BCUT2D eigenvalue weighted by Crippen LogP contribution is -1.92. The Labute approximate surface area is 85.0 Å². The van der Waals surface area contributed by atoms with Gasteiger partial charge in [0.25, 0.3) is 0 Å². The van der Waals surface area contributed by atoms with Gasteiger partial charge in [-0.2, -0.15) is 4.52 Å². The van der Waals surface area contributed by atoms with Crippen molar-refractivity contribution in [1.82, 2.24) is 20.0 Å². The first-order valence-corrected chi connectivity index (χ1v) is 4.56. The fourth-order valence-electron chi connectivity index (χ4n) is 1.76. The number of tetrazole rings is 1. The summed E-state index contributed by atoms with van der Waals surface area (Å²) in [5.74, 6) is 0.213. The Morgan fingerprint density at radius 3 is 3.00 bits per heavy atom. The van der Waals surface area contributed by atoms with Crippen LogP contribution in [-0.2, 0) is 0 Å². The number of fused-ring (bicyclic) bond motifs is 3. The van der Waals surface area contributed by atoms with Crippen molar-refractivity contribution >= 4 is 16.6 Å². The van der Waals surface area contributed by atoms with Crippen LogP contribution in [-0.4, -0.2) is 25.1 Å². The van der Waals surface area contributed by atoms with E-state index in [1.54, 1.807) is 16.6 Å². The number of aryl methyl sites for hydroxylation is 1. The molecule has 2 heterocycles. The smallest absolute Gasteiger partial charge is 0.180 e. The summed E-state index contributed by atoms with van der Waals surface area (Å²) in [4.78, 5) is 0. The quantitative estimate of drug-likeness (QED) is 0.594. The van der Waals surface area contributed by atoms with Crippen molar-refractivity contribution < 1.29 is 5.11 Å². The van der Waals surface area contributed by atoms with E-state index in [1.165, 1.54) is 0 Å². The molecule has 0 bridgehead atoms. The minimum absolute atomic E-state index is 0.213. The van der Waals surface area contributed by atoms with E-state index in [4.69, 9.17) is 0 Å². The van der Waals surface area contributed by atoms with Crippen molar-refractivity contribution in [1.29, 1.82) is 0 Å². The number of aromatic nitrogens is 4. The zero-order chi connectivity index (χ0) is 10.4. The van der Waals surface area contributed by atoms with Gasteiger partial charge in [-0.25, -0.2) is 0 Å². The van der Waals surface area contributed by atoms with Crippen LogP contribution in [0.5, 0.6) is 5.75 Å². The highest BCUT2D eigenvalue weighted by Crippen LogP contribution is 2.23. The maximum absolute atomic E-state index is 9.44. The largest absolute Gasteiger partial charge is 0.508 e. The molecule has 0 atom stereocenters. The van der Waals surface area contributed by atoms with E-state index in [2.05, 4.69) is 15.5 Å². The van der Waals surface area contributed by atoms with Crippen LogP contribution in [0.15, 0.2) is 24.3 Å². The normalized spacial score (nSPS) is 11.3. The maximum atomic E-state index is 9.44. The van der Waals surface area contributed by atoms with Gasteiger partial charge in [0.15, 0.2) is 5.65 Å². The number of hydrogen-bond donors (Lipinski definition) is 1. The molecule has 0 unspecified atom stereocenters. The molecule has 3 rings (SSSR count). The topological polar surface area (TPSA) is 63.3 Å². The van der Waals surface area contributed by atoms with E-state index >= 15 is 0 Å². The number of rotatable bonds is 0. The van der Waals surface area contributed by atoms with Crippen LogP contribution in [0.4, 0.5) is 0 Å². The molecule has 0 spiro atoms. The monoisotopic (exact) mass is 200 g/mol. The van der Waals surface area contributed by atoms with E-state index in [0.29, 0.717) is 5.65 Å². The van der Waals surface area contributed by atoms with Crippen molar-refractivity contribution in [3.8, 4) is 5.75 Å². The third-order valence-corrected chi connectivity index (χ3v) is 2.47. The second kappa shape index (κ2) is 2.66. The standard InChI is InChI=1S/C10H8N4O/c1-6-4-10-11-12-13-14(10)9-5-7(15)2-3-8(6)9/h2-5,15H,1H3. The second-order valence-electron chi connectivity index (χ2n) is 3.48. The van der Waals surface area contributed by atoms with Crippen LogP contribution in [0.3, 0.4) is 0 Å². The Hall–Kier alpha value is -2.17. The maximum Gasteiger partial charge on any atom is 0.180 e. The van der Waals surface area contributed by atoms with Gasteiger partial charge in [-0.3, -0.25) is 0 Å². The first kappa shape index (κ1) is 8.16. The number of benzene rings is 1. The number of aromatic hydroxyl groups is 1. The van der Waals surface area contributed by atoms with Gasteiger partial charge in [-0.15, -0.1) is 5.10 Å². The predicted octanol–water partition coefficient (Wildman–Crippen LogP) is 1.29. The lowest BCUT2D eigenvalue weighted by atomic mass is 10.1. The summed E-state index contributed by atoms with van der Waals surface area (Å²) in [7, 11) is 0. The molecule has 5 heteroatoms. The highest BCUT2D eigenvalue weighted by Gasteiger charge is 2.06. The fourth-order valence-corrected chi connectivity index (χ4v) is 1.76. The average Bonchev–Trinajstić information content (AvgIpc) is 2.65. The summed E-state index contributed by atoms with van der Waals surface area (Å²) in [6, 6.07) is 7.09. The molecule has 0 aliphatic carbocycles. The Morgan fingerprint density at radius 2 is 2.13 bits per heavy atom. The second-order valence-corrected chi connectivity index (χ2v) is 3.48. The molecule has 1 N–H and O–H groups in total. The first-order valence-electron chi connectivity index (χ1n) is 4.56. The summed E-state index contributed by atoms with van der Waals surface area (Å²) in [6.45, 7) is 1.99. The third kappa shape index (κ3) is 1.06. The summed E-state index contributed by atoms with van der Waals surface area (Å²) in [5.41, 5.74) is 2.59. The van der Waals surface area contributed by atoms with E-state index in [9.17, 15) is 5.11 Å². The predicted molar refractivity (Wildman–Crippen MR) is 54.7 cm³/mol. The average molecular weight is 200 g/mol. The number of hydrogen-bond acceptors (Lipinski definition) is 4. The van der Waals surface area contributed by atoms with Gasteiger partial charge in [0.2, 0.25) is 0 Å². The molecule has 0 amide bonds. The number of nitrogens with zero attached hydrogens (tertiary/aromatic N) is 4. The molecule has 0 aliphatic rings. The van der Waals surface area contributed by atoms with E-state index in [1.807, 2.05) is 19.1 Å². The molecule has 1 aromatic carbocycles. The minimum Gasteiger partial charge on any atom is -0.508 e. The van der Waals surface area contributed by atoms with Crippen LogP contribution >= 0.6 is 0 Å². The van der Waals surface area contributed by atoms with Crippen LogP contribution < -0.4 is 0 Å². The molecular weight excluding hydrogens is 192 g/mol. The molecule has 0 saturated heterocycles. The molecule has 2 aromatic heterocycles. The zero-order valence-electron chi connectivity index (χ0n) is 8.05. The number of phenols is 1. The van der Waals surface area contributed by atoms with Gasteiger partial charge >= 0.3 is 0 Å². The van der Waals surface area contributed by atoms with Gasteiger partial charge in [-0.1, -0.05) is 0 Å². The van der Waals surface area contributed by atoms with Gasteiger partial charge in [0, 0.05) is 11.5 Å². The van der Waals surface area contributed by atoms with Crippen molar-refractivity contribution in [2.24, 2.45) is 0 Å². The van der Waals surface area contributed by atoms with Crippen molar-refractivity contribution in [2.45, 2.75) is 6.92 Å². The third-order valence-electron chi connectivity index (χ3n) is 2.47. The summed E-state index contributed by atoms with van der Waals surface area (Å²) in [5, 5.41) is 21.8.